The molecule has 0 saturated carbocycles. The molecule has 2 aromatic rings. The van der Waals surface area contributed by atoms with E-state index in [1.54, 1.807) is 4.90 Å². The van der Waals surface area contributed by atoms with Crippen LogP contribution in [0.1, 0.15) is 0 Å². The van der Waals surface area contributed by atoms with Crippen LogP contribution in [0.4, 0.5) is 0 Å². The number of rotatable bonds is 4. The standard InChI is InChI=1S/C16H20N2O3/c1-17(10-14-12-20-8-9-21-14)16(19)11-18-7-6-13-4-2-3-5-15(13)18/h2-7,14H,8-12H2,1H3/t14-/m0/s1. The highest BCUT2D eigenvalue weighted by Gasteiger charge is 2.19. The zero-order valence-electron chi connectivity index (χ0n) is 12.2. The Morgan fingerprint density at radius 3 is 3.00 bits per heavy atom. The van der Waals surface area contributed by atoms with Crippen LogP contribution in [0.3, 0.4) is 0 Å². The summed E-state index contributed by atoms with van der Waals surface area (Å²) in [5.41, 5.74) is 1.08. The van der Waals surface area contributed by atoms with Crippen LogP contribution in [0.5, 0.6) is 0 Å². The average Bonchev–Trinajstić information content (AvgIpc) is 2.91. The molecule has 1 saturated heterocycles. The summed E-state index contributed by atoms with van der Waals surface area (Å²) in [6, 6.07) is 10.1. The van der Waals surface area contributed by atoms with E-state index >= 15 is 0 Å². The SMILES string of the molecule is CN(C[C@H]1COCCO1)C(=O)Cn1ccc2ccccc21. The number of aromatic nitrogens is 1. The summed E-state index contributed by atoms with van der Waals surface area (Å²) >= 11 is 0. The smallest absolute Gasteiger partial charge is 0.242 e. The quantitative estimate of drug-likeness (QED) is 0.856. The molecule has 1 aliphatic heterocycles. The van der Waals surface area contributed by atoms with Crippen LogP contribution < -0.4 is 0 Å². The van der Waals surface area contributed by atoms with Gasteiger partial charge in [-0.25, -0.2) is 0 Å². The Balaban J connectivity index is 1.62. The van der Waals surface area contributed by atoms with E-state index in [-0.39, 0.29) is 12.0 Å². The molecule has 1 aromatic heterocycles. The predicted octanol–water partition coefficient (Wildman–Crippen LogP) is 1.52. The van der Waals surface area contributed by atoms with E-state index in [4.69, 9.17) is 9.47 Å². The molecule has 5 heteroatoms. The predicted molar refractivity (Wildman–Crippen MR) is 80.1 cm³/mol. The number of amides is 1. The number of benzene rings is 1. The van der Waals surface area contributed by atoms with Gasteiger partial charge in [0.1, 0.15) is 6.54 Å². The molecule has 0 N–H and O–H groups in total. The normalized spacial score (nSPS) is 18.8. The van der Waals surface area contributed by atoms with Crippen molar-refractivity contribution in [3.05, 3.63) is 36.5 Å². The van der Waals surface area contributed by atoms with Crippen molar-refractivity contribution in [1.29, 1.82) is 0 Å². The number of carbonyl (C=O) groups is 1. The molecule has 1 amide bonds. The number of fused-ring (bicyclic) bond motifs is 1. The van der Waals surface area contributed by atoms with E-state index in [1.165, 1.54) is 0 Å². The minimum Gasteiger partial charge on any atom is -0.376 e. The highest BCUT2D eigenvalue weighted by molar-refractivity contribution is 5.83. The second kappa shape index (κ2) is 6.28. The second-order valence-corrected chi connectivity index (χ2v) is 5.34. The van der Waals surface area contributed by atoms with Crippen LogP contribution in [0, 0.1) is 0 Å². The van der Waals surface area contributed by atoms with E-state index in [0.717, 1.165) is 10.9 Å². The maximum atomic E-state index is 12.3. The molecule has 112 valence electrons. The van der Waals surface area contributed by atoms with Crippen molar-refractivity contribution in [3.8, 4) is 0 Å². The van der Waals surface area contributed by atoms with Crippen molar-refractivity contribution in [2.75, 3.05) is 33.4 Å². The molecule has 0 aliphatic carbocycles. The van der Waals surface area contributed by atoms with Gasteiger partial charge in [0, 0.05) is 25.3 Å². The Bertz CT molecular complexity index is 617. The summed E-state index contributed by atoms with van der Waals surface area (Å²) in [6.45, 7) is 2.72. The maximum absolute atomic E-state index is 12.3. The van der Waals surface area contributed by atoms with Gasteiger partial charge in [-0.1, -0.05) is 18.2 Å². The number of hydrogen-bond donors (Lipinski definition) is 0. The summed E-state index contributed by atoms with van der Waals surface area (Å²) in [6.07, 6.45) is 1.94. The second-order valence-electron chi connectivity index (χ2n) is 5.34. The third kappa shape index (κ3) is 3.25. The van der Waals surface area contributed by atoms with Crippen LogP contribution in [0.25, 0.3) is 10.9 Å². The Labute approximate surface area is 124 Å². The lowest BCUT2D eigenvalue weighted by atomic mass is 10.2. The third-order valence-corrected chi connectivity index (χ3v) is 3.77. The summed E-state index contributed by atoms with van der Waals surface area (Å²) in [5, 5.41) is 1.15. The molecule has 0 radical (unpaired) electrons. The lowest BCUT2D eigenvalue weighted by molar-refractivity contribution is -0.136. The van der Waals surface area contributed by atoms with Crippen molar-refractivity contribution < 1.29 is 14.3 Å². The van der Waals surface area contributed by atoms with Crippen LogP contribution in [-0.4, -0.2) is 54.9 Å². The fourth-order valence-corrected chi connectivity index (χ4v) is 2.59. The van der Waals surface area contributed by atoms with Gasteiger partial charge in [0.05, 0.1) is 25.9 Å². The number of ether oxygens (including phenoxy) is 2. The fraction of sp³-hybridized carbons (Fsp3) is 0.438. The number of para-hydroxylation sites is 1. The molecule has 0 spiro atoms. The minimum absolute atomic E-state index is 0.0193. The molecule has 21 heavy (non-hydrogen) atoms. The Morgan fingerprint density at radius 1 is 1.33 bits per heavy atom. The van der Waals surface area contributed by atoms with Crippen molar-refractivity contribution in [2.45, 2.75) is 12.6 Å². The van der Waals surface area contributed by atoms with Crippen molar-refractivity contribution in [2.24, 2.45) is 0 Å². The molecule has 2 heterocycles. The molecule has 0 bridgehead atoms. The first-order valence-corrected chi connectivity index (χ1v) is 7.21. The van der Waals surface area contributed by atoms with Crippen molar-refractivity contribution >= 4 is 16.8 Å². The lowest BCUT2D eigenvalue weighted by Gasteiger charge is -2.27. The molecular formula is C16H20N2O3. The highest BCUT2D eigenvalue weighted by atomic mass is 16.6. The molecule has 3 rings (SSSR count). The molecule has 1 atom stereocenters. The molecular weight excluding hydrogens is 268 g/mol. The van der Waals surface area contributed by atoms with Gasteiger partial charge in [-0.05, 0) is 17.5 Å². The molecule has 1 fully saturated rings. The summed E-state index contributed by atoms with van der Waals surface area (Å²) < 4.78 is 12.9. The molecule has 1 aromatic carbocycles. The van der Waals surface area contributed by atoms with Gasteiger partial charge in [-0.15, -0.1) is 0 Å². The molecule has 1 aliphatic rings. The third-order valence-electron chi connectivity index (χ3n) is 3.77. The Hall–Kier alpha value is -1.85. The average molecular weight is 288 g/mol. The molecule has 0 unspecified atom stereocenters. The van der Waals surface area contributed by atoms with Gasteiger partial charge in [-0.2, -0.15) is 0 Å². The molecule has 5 nitrogen and oxygen atoms in total. The van der Waals surface area contributed by atoms with Gasteiger partial charge in [-0.3, -0.25) is 4.79 Å². The van der Waals surface area contributed by atoms with E-state index in [2.05, 4.69) is 0 Å². The zero-order chi connectivity index (χ0) is 14.7. The van der Waals surface area contributed by atoms with Crippen LogP contribution in [0.15, 0.2) is 36.5 Å². The topological polar surface area (TPSA) is 43.7 Å². The van der Waals surface area contributed by atoms with E-state index in [0.29, 0.717) is 32.9 Å². The van der Waals surface area contributed by atoms with Gasteiger partial charge >= 0.3 is 0 Å². The minimum atomic E-state index is -0.0193. The van der Waals surface area contributed by atoms with Crippen LogP contribution in [-0.2, 0) is 20.8 Å². The number of likely N-dealkylation sites (N-methyl/N-ethyl adjacent to an activating group) is 1. The Kier molecular flexibility index (Phi) is 4.22. The monoisotopic (exact) mass is 288 g/mol. The van der Waals surface area contributed by atoms with Crippen LogP contribution in [0.2, 0.25) is 0 Å². The van der Waals surface area contributed by atoms with Gasteiger partial charge in [0.2, 0.25) is 5.91 Å². The number of nitrogens with zero attached hydrogens (tertiary/aromatic N) is 2. The maximum Gasteiger partial charge on any atom is 0.242 e. The largest absolute Gasteiger partial charge is 0.376 e. The van der Waals surface area contributed by atoms with Gasteiger partial charge in [0.25, 0.3) is 0 Å². The first kappa shape index (κ1) is 14.1. The van der Waals surface area contributed by atoms with E-state index < -0.39 is 0 Å². The van der Waals surface area contributed by atoms with Gasteiger partial charge < -0.3 is 18.9 Å². The van der Waals surface area contributed by atoms with E-state index in [1.807, 2.05) is 48.1 Å². The first-order valence-electron chi connectivity index (χ1n) is 7.21. The lowest BCUT2D eigenvalue weighted by Crippen LogP contribution is -2.41. The fourth-order valence-electron chi connectivity index (χ4n) is 2.59. The zero-order valence-corrected chi connectivity index (χ0v) is 12.2. The van der Waals surface area contributed by atoms with Crippen molar-refractivity contribution in [1.82, 2.24) is 9.47 Å². The summed E-state index contributed by atoms with van der Waals surface area (Å²) in [5.74, 6) is 0.0746. The summed E-state index contributed by atoms with van der Waals surface area (Å²) in [4.78, 5) is 14.1. The highest BCUT2D eigenvalue weighted by Crippen LogP contribution is 2.15. The van der Waals surface area contributed by atoms with E-state index in [9.17, 15) is 4.79 Å². The first-order chi connectivity index (χ1) is 10.2. The summed E-state index contributed by atoms with van der Waals surface area (Å²) in [7, 11) is 1.81. The van der Waals surface area contributed by atoms with Gasteiger partial charge in [0.15, 0.2) is 0 Å². The van der Waals surface area contributed by atoms with Crippen LogP contribution >= 0.6 is 0 Å². The van der Waals surface area contributed by atoms with Crippen molar-refractivity contribution in [3.63, 3.8) is 0 Å². The number of carbonyl (C=O) groups excluding carboxylic acids is 1. The number of hydrogen-bond acceptors (Lipinski definition) is 3. The Morgan fingerprint density at radius 2 is 2.19 bits per heavy atom.